The van der Waals surface area contributed by atoms with E-state index in [1.807, 2.05) is 0 Å². The molecule has 0 saturated carbocycles. The molecule has 30 heavy (non-hydrogen) atoms. The highest BCUT2D eigenvalue weighted by molar-refractivity contribution is 6.34. The van der Waals surface area contributed by atoms with Gasteiger partial charge in [0, 0.05) is 5.56 Å². The highest BCUT2D eigenvalue weighted by atomic mass is 35.5. The average molecular weight is 444 g/mol. The molecule has 0 aliphatic carbocycles. The van der Waals surface area contributed by atoms with E-state index in [9.17, 15) is 22.8 Å². The van der Waals surface area contributed by atoms with Crippen molar-refractivity contribution in [3.8, 4) is 5.75 Å². The van der Waals surface area contributed by atoms with Gasteiger partial charge in [-0.1, -0.05) is 23.7 Å². The zero-order chi connectivity index (χ0) is 22.5. The molecule has 0 spiro atoms. The summed E-state index contributed by atoms with van der Waals surface area (Å²) in [5.74, 6) is -0.0725. The molecular weight excluding hydrogens is 423 g/mol. The maximum absolute atomic E-state index is 12.6. The van der Waals surface area contributed by atoms with Gasteiger partial charge in [-0.05, 0) is 56.7 Å². The highest BCUT2D eigenvalue weighted by Crippen LogP contribution is 2.29. The van der Waals surface area contributed by atoms with Gasteiger partial charge in [0.05, 0.1) is 17.1 Å². The van der Waals surface area contributed by atoms with E-state index < -0.39 is 29.2 Å². The Morgan fingerprint density at radius 2 is 1.67 bits per heavy atom. The molecule has 1 N–H and O–H groups in total. The van der Waals surface area contributed by atoms with Crippen molar-refractivity contribution in [1.29, 1.82) is 0 Å². The number of amides is 1. The van der Waals surface area contributed by atoms with Crippen LogP contribution in [-0.2, 0) is 17.5 Å². The number of alkyl halides is 3. The number of carbonyl (C=O) groups excluding carboxylic acids is 2. The molecule has 0 atom stereocenters. The van der Waals surface area contributed by atoms with Crippen molar-refractivity contribution in [2.75, 3.05) is 6.54 Å². The van der Waals surface area contributed by atoms with Crippen molar-refractivity contribution in [3.63, 3.8) is 0 Å². The first kappa shape index (κ1) is 23.5. The van der Waals surface area contributed by atoms with E-state index in [1.54, 1.807) is 20.8 Å². The van der Waals surface area contributed by atoms with Crippen LogP contribution in [0.3, 0.4) is 0 Å². The van der Waals surface area contributed by atoms with Crippen LogP contribution in [0.15, 0.2) is 42.5 Å². The summed E-state index contributed by atoms with van der Waals surface area (Å²) >= 11 is 6.13. The number of halogens is 4. The fourth-order valence-electron chi connectivity index (χ4n) is 2.33. The fraction of sp³-hybridized carbons (Fsp3) is 0.333. The topological polar surface area (TPSA) is 64.6 Å². The Hall–Kier alpha value is -2.74. The molecule has 0 unspecified atom stereocenters. The van der Waals surface area contributed by atoms with Crippen molar-refractivity contribution in [3.05, 3.63) is 64.2 Å². The summed E-state index contributed by atoms with van der Waals surface area (Å²) in [5, 5.41) is 2.48. The summed E-state index contributed by atoms with van der Waals surface area (Å²) in [4.78, 5) is 23.9. The van der Waals surface area contributed by atoms with Crippen LogP contribution in [-0.4, -0.2) is 24.0 Å². The molecule has 0 aliphatic heterocycles. The van der Waals surface area contributed by atoms with Crippen LogP contribution in [0, 0.1) is 0 Å². The Morgan fingerprint density at radius 3 is 2.20 bits per heavy atom. The maximum Gasteiger partial charge on any atom is 0.416 e. The Morgan fingerprint density at radius 1 is 1.03 bits per heavy atom. The molecule has 0 aliphatic rings. The predicted octanol–water partition coefficient (Wildman–Crippen LogP) is 5.65. The molecule has 2 rings (SSSR count). The lowest BCUT2D eigenvalue weighted by Gasteiger charge is -2.19. The van der Waals surface area contributed by atoms with E-state index in [0.717, 1.165) is 12.1 Å². The maximum atomic E-state index is 12.6. The fourth-order valence-corrected chi connectivity index (χ4v) is 2.61. The van der Waals surface area contributed by atoms with E-state index in [2.05, 4.69) is 5.32 Å². The van der Waals surface area contributed by atoms with Crippen LogP contribution in [0.5, 0.6) is 5.75 Å². The normalized spacial score (nSPS) is 11.7. The number of rotatable bonds is 6. The number of Topliss-reactive ketones (excluding diaryl/α,β-unsaturated/α-hetero) is 1. The number of alkyl carbamates (subject to hydrolysis) is 1. The van der Waals surface area contributed by atoms with Gasteiger partial charge in [0.25, 0.3) is 0 Å². The number of nitrogens with one attached hydrogen (secondary N) is 1. The summed E-state index contributed by atoms with van der Waals surface area (Å²) in [7, 11) is 0. The van der Waals surface area contributed by atoms with E-state index >= 15 is 0 Å². The van der Waals surface area contributed by atoms with Crippen molar-refractivity contribution in [2.45, 2.75) is 39.2 Å². The van der Waals surface area contributed by atoms with Gasteiger partial charge in [-0.3, -0.25) is 4.79 Å². The summed E-state index contributed by atoms with van der Waals surface area (Å²) < 4.78 is 48.3. The molecule has 162 valence electrons. The Kier molecular flexibility index (Phi) is 7.36. The molecule has 1 amide bonds. The molecule has 0 aromatic heterocycles. The lowest BCUT2D eigenvalue weighted by Crippen LogP contribution is -2.35. The molecule has 2 aromatic rings. The number of ether oxygens (including phenoxy) is 2. The van der Waals surface area contributed by atoms with Gasteiger partial charge in [0.15, 0.2) is 5.78 Å². The quantitative estimate of drug-likeness (QED) is 0.586. The lowest BCUT2D eigenvalue weighted by molar-refractivity contribution is -0.137. The second-order valence-electron chi connectivity index (χ2n) is 7.40. The third-order valence-corrected chi connectivity index (χ3v) is 4.03. The smallest absolute Gasteiger partial charge is 0.416 e. The largest absolute Gasteiger partial charge is 0.489 e. The Bertz CT molecular complexity index is 906. The standard InChI is InChI=1S/C21H21ClF3NO4/c1-20(2,3)30-19(28)26-11-18(27)16-9-8-15(10-17(16)22)29-12-13-4-6-14(7-5-13)21(23,24)25/h4-10H,11-12H2,1-3H3,(H,26,28). The molecule has 9 heteroatoms. The lowest BCUT2D eigenvalue weighted by atomic mass is 10.1. The minimum atomic E-state index is -4.40. The first-order valence-corrected chi connectivity index (χ1v) is 9.31. The van der Waals surface area contributed by atoms with E-state index in [0.29, 0.717) is 11.3 Å². The Balaban J connectivity index is 1.93. The number of carbonyl (C=O) groups is 2. The van der Waals surface area contributed by atoms with Crippen LogP contribution in [0.1, 0.15) is 42.3 Å². The van der Waals surface area contributed by atoms with Crippen LogP contribution in [0.25, 0.3) is 0 Å². The van der Waals surface area contributed by atoms with Gasteiger partial charge in [-0.25, -0.2) is 4.79 Å². The molecular formula is C21H21ClF3NO4. The van der Waals surface area contributed by atoms with Crippen LogP contribution >= 0.6 is 11.6 Å². The third kappa shape index (κ3) is 7.26. The van der Waals surface area contributed by atoms with Gasteiger partial charge < -0.3 is 14.8 Å². The number of hydrogen-bond donors (Lipinski definition) is 1. The molecule has 0 bridgehead atoms. The molecule has 0 radical (unpaired) electrons. The summed E-state index contributed by atoms with van der Waals surface area (Å²) in [6.45, 7) is 4.85. The second kappa shape index (κ2) is 9.38. The molecule has 0 fully saturated rings. The van der Waals surface area contributed by atoms with Crippen LogP contribution in [0.2, 0.25) is 5.02 Å². The Labute approximate surface area is 177 Å². The first-order chi connectivity index (χ1) is 13.8. The van der Waals surface area contributed by atoms with Gasteiger partial charge in [-0.2, -0.15) is 13.2 Å². The van der Waals surface area contributed by atoms with Crippen molar-refractivity contribution >= 4 is 23.5 Å². The van der Waals surface area contributed by atoms with Crippen molar-refractivity contribution in [2.24, 2.45) is 0 Å². The molecule has 5 nitrogen and oxygen atoms in total. The van der Waals surface area contributed by atoms with Crippen LogP contribution in [0.4, 0.5) is 18.0 Å². The average Bonchev–Trinajstić information content (AvgIpc) is 2.63. The van der Waals surface area contributed by atoms with Crippen LogP contribution < -0.4 is 10.1 Å². The van der Waals surface area contributed by atoms with E-state index in [4.69, 9.17) is 21.1 Å². The van der Waals surface area contributed by atoms with Crippen molar-refractivity contribution < 1.29 is 32.2 Å². The summed E-state index contributed by atoms with van der Waals surface area (Å²) in [6, 6.07) is 8.98. The zero-order valence-electron chi connectivity index (χ0n) is 16.6. The van der Waals surface area contributed by atoms with Gasteiger partial charge in [0.1, 0.15) is 18.0 Å². The number of ketones is 1. The predicted molar refractivity (Wildman–Crippen MR) is 106 cm³/mol. The minimum Gasteiger partial charge on any atom is -0.489 e. The van der Waals surface area contributed by atoms with Gasteiger partial charge in [-0.15, -0.1) is 0 Å². The third-order valence-electron chi connectivity index (χ3n) is 3.72. The monoisotopic (exact) mass is 443 g/mol. The van der Waals surface area contributed by atoms with Gasteiger partial charge >= 0.3 is 12.3 Å². The first-order valence-electron chi connectivity index (χ1n) is 8.94. The zero-order valence-corrected chi connectivity index (χ0v) is 17.4. The van der Waals surface area contributed by atoms with Crippen molar-refractivity contribution in [1.82, 2.24) is 5.32 Å². The number of benzene rings is 2. The van der Waals surface area contributed by atoms with E-state index in [1.165, 1.54) is 30.3 Å². The highest BCUT2D eigenvalue weighted by Gasteiger charge is 2.29. The summed E-state index contributed by atoms with van der Waals surface area (Å²) in [5.41, 5.74) is -0.691. The van der Waals surface area contributed by atoms with E-state index in [-0.39, 0.29) is 23.7 Å². The molecule has 2 aromatic carbocycles. The van der Waals surface area contributed by atoms with Gasteiger partial charge in [0.2, 0.25) is 0 Å². The minimum absolute atomic E-state index is 0.0297. The summed E-state index contributed by atoms with van der Waals surface area (Å²) in [6.07, 6.45) is -5.11. The second-order valence-corrected chi connectivity index (χ2v) is 7.81. The molecule has 0 heterocycles. The molecule has 0 saturated heterocycles. The SMILES string of the molecule is CC(C)(C)OC(=O)NCC(=O)c1ccc(OCc2ccc(C(F)(F)F)cc2)cc1Cl. The number of hydrogen-bond acceptors (Lipinski definition) is 4.